The number of rotatable bonds is 2. The summed E-state index contributed by atoms with van der Waals surface area (Å²) < 4.78 is -1.42. The van der Waals surface area contributed by atoms with Crippen molar-refractivity contribution in [2.24, 2.45) is 5.92 Å². The van der Waals surface area contributed by atoms with E-state index in [1.807, 2.05) is 6.07 Å². The Hall–Kier alpha value is -0.440. The van der Waals surface area contributed by atoms with Gasteiger partial charge in [0.25, 0.3) is 0 Å². The molecule has 0 rings (SSSR count). The van der Waals surface area contributed by atoms with Gasteiger partial charge >= 0.3 is 0 Å². The third-order valence-electron chi connectivity index (χ3n) is 1.17. The van der Waals surface area contributed by atoms with Gasteiger partial charge < -0.3 is 0 Å². The molecule has 0 heterocycles. The number of alkyl halides is 2. The van der Waals surface area contributed by atoms with E-state index in [9.17, 15) is 0 Å². The van der Waals surface area contributed by atoms with Gasteiger partial charge in [-0.1, -0.05) is 30.1 Å². The molecule has 0 aliphatic carbocycles. The average molecular weight is 177 g/mol. The Morgan fingerprint density at radius 2 is 2.00 bits per heavy atom. The SMILES string of the molecule is CC(CC#N)C(Cl)(Cl)C#N. The first-order valence-corrected chi connectivity index (χ1v) is 3.46. The van der Waals surface area contributed by atoms with E-state index < -0.39 is 4.33 Å². The van der Waals surface area contributed by atoms with Crippen LogP contribution in [0.2, 0.25) is 0 Å². The maximum atomic E-state index is 8.37. The molecule has 0 saturated carbocycles. The van der Waals surface area contributed by atoms with E-state index >= 15 is 0 Å². The molecular weight excluding hydrogens is 171 g/mol. The first-order chi connectivity index (χ1) is 4.54. The lowest BCUT2D eigenvalue weighted by atomic mass is 10.1. The van der Waals surface area contributed by atoms with Crippen LogP contribution in [0.15, 0.2) is 0 Å². The minimum absolute atomic E-state index is 0.195. The third-order valence-corrected chi connectivity index (χ3v) is 2.08. The second-order valence-electron chi connectivity index (χ2n) is 2.00. The number of hydrogen-bond acceptors (Lipinski definition) is 2. The number of halogens is 2. The summed E-state index contributed by atoms with van der Waals surface area (Å²) in [7, 11) is 0. The van der Waals surface area contributed by atoms with Gasteiger partial charge in [0, 0.05) is 12.3 Å². The van der Waals surface area contributed by atoms with Gasteiger partial charge in [0.1, 0.15) is 6.07 Å². The van der Waals surface area contributed by atoms with Crippen molar-refractivity contribution in [3.63, 3.8) is 0 Å². The van der Waals surface area contributed by atoms with Gasteiger partial charge in [0.05, 0.1) is 6.07 Å². The standard InChI is InChI=1S/C6H6Cl2N2/c1-5(2-3-9)6(7,8)4-10/h5H,2H2,1H3. The highest BCUT2D eigenvalue weighted by atomic mass is 35.5. The molecule has 1 unspecified atom stereocenters. The van der Waals surface area contributed by atoms with Crippen LogP contribution in [0.1, 0.15) is 13.3 Å². The molecule has 10 heavy (non-hydrogen) atoms. The maximum absolute atomic E-state index is 8.37. The first-order valence-electron chi connectivity index (χ1n) is 2.70. The quantitative estimate of drug-likeness (QED) is 0.607. The summed E-state index contributed by atoms with van der Waals surface area (Å²) in [5, 5.41) is 16.6. The van der Waals surface area contributed by atoms with Crippen LogP contribution in [0.25, 0.3) is 0 Å². The predicted octanol–water partition coefficient (Wildman–Crippen LogP) is 2.23. The van der Waals surface area contributed by atoms with Crippen molar-refractivity contribution in [2.45, 2.75) is 17.7 Å². The average Bonchev–Trinajstić information content (AvgIpc) is 1.89. The van der Waals surface area contributed by atoms with Crippen LogP contribution in [-0.2, 0) is 0 Å². The van der Waals surface area contributed by atoms with E-state index in [1.165, 1.54) is 0 Å². The Morgan fingerprint density at radius 3 is 2.30 bits per heavy atom. The molecule has 2 nitrogen and oxygen atoms in total. The summed E-state index contributed by atoms with van der Waals surface area (Å²) in [5.41, 5.74) is 0. The molecule has 0 amide bonds. The fourth-order valence-corrected chi connectivity index (χ4v) is 0.530. The molecule has 0 fully saturated rings. The zero-order valence-corrected chi connectivity index (χ0v) is 6.95. The fraction of sp³-hybridized carbons (Fsp3) is 0.667. The van der Waals surface area contributed by atoms with Crippen LogP contribution >= 0.6 is 23.2 Å². The number of nitrogens with zero attached hydrogens (tertiary/aromatic N) is 2. The minimum Gasteiger partial charge on any atom is -0.198 e. The largest absolute Gasteiger partial charge is 0.206 e. The van der Waals surface area contributed by atoms with E-state index in [0.717, 1.165) is 0 Å². The van der Waals surface area contributed by atoms with Crippen molar-refractivity contribution in [3.8, 4) is 12.1 Å². The van der Waals surface area contributed by atoms with Crippen LogP contribution < -0.4 is 0 Å². The summed E-state index contributed by atoms with van der Waals surface area (Å²) >= 11 is 11.0. The second kappa shape index (κ2) is 3.66. The lowest BCUT2D eigenvalue weighted by molar-refractivity contribution is 0.586. The van der Waals surface area contributed by atoms with Gasteiger partial charge in [-0.25, -0.2) is 0 Å². The second-order valence-corrected chi connectivity index (χ2v) is 3.38. The van der Waals surface area contributed by atoms with Crippen LogP contribution in [-0.4, -0.2) is 4.33 Å². The maximum Gasteiger partial charge on any atom is 0.206 e. The van der Waals surface area contributed by atoms with Gasteiger partial charge in [0.2, 0.25) is 4.33 Å². The highest BCUT2D eigenvalue weighted by Crippen LogP contribution is 2.31. The molecule has 0 N–H and O–H groups in total. The van der Waals surface area contributed by atoms with E-state index in [4.69, 9.17) is 33.7 Å². The number of hydrogen-bond donors (Lipinski definition) is 0. The molecule has 0 radical (unpaired) electrons. The van der Waals surface area contributed by atoms with E-state index in [2.05, 4.69) is 0 Å². The van der Waals surface area contributed by atoms with Crippen molar-refractivity contribution < 1.29 is 0 Å². The molecule has 4 heteroatoms. The van der Waals surface area contributed by atoms with Crippen LogP contribution in [0.5, 0.6) is 0 Å². The van der Waals surface area contributed by atoms with Crippen LogP contribution in [0.4, 0.5) is 0 Å². The number of nitriles is 2. The molecule has 0 spiro atoms. The zero-order valence-electron chi connectivity index (χ0n) is 5.43. The highest BCUT2D eigenvalue weighted by Gasteiger charge is 2.30. The van der Waals surface area contributed by atoms with Gasteiger partial charge in [0.15, 0.2) is 0 Å². The smallest absolute Gasteiger partial charge is 0.198 e. The van der Waals surface area contributed by atoms with Gasteiger partial charge in [-0.05, 0) is 0 Å². The monoisotopic (exact) mass is 176 g/mol. The van der Waals surface area contributed by atoms with Crippen molar-refractivity contribution in [1.29, 1.82) is 10.5 Å². The molecule has 0 aromatic heterocycles. The Bertz CT molecular complexity index is 187. The Balaban J connectivity index is 4.10. The molecular formula is C6H6Cl2N2. The summed E-state index contributed by atoms with van der Waals surface area (Å²) in [6, 6.07) is 3.59. The first kappa shape index (κ1) is 9.56. The lowest BCUT2D eigenvalue weighted by Gasteiger charge is -2.15. The molecule has 54 valence electrons. The topological polar surface area (TPSA) is 47.6 Å². The summed E-state index contributed by atoms with van der Waals surface area (Å²) in [4.78, 5) is 0. The van der Waals surface area contributed by atoms with E-state index in [0.29, 0.717) is 0 Å². The Morgan fingerprint density at radius 1 is 1.50 bits per heavy atom. The Kier molecular flexibility index (Phi) is 3.50. The Labute approximate surface area is 70.0 Å². The molecule has 1 atom stereocenters. The van der Waals surface area contributed by atoms with Crippen LogP contribution in [0, 0.1) is 28.6 Å². The predicted molar refractivity (Wildman–Crippen MR) is 39.4 cm³/mol. The van der Waals surface area contributed by atoms with Crippen molar-refractivity contribution in [1.82, 2.24) is 0 Å². The molecule has 0 aliphatic heterocycles. The lowest BCUT2D eigenvalue weighted by Crippen LogP contribution is -2.20. The van der Waals surface area contributed by atoms with Crippen molar-refractivity contribution >= 4 is 23.2 Å². The van der Waals surface area contributed by atoms with Crippen molar-refractivity contribution in [3.05, 3.63) is 0 Å². The summed E-state index contributed by atoms with van der Waals surface area (Å²) in [6.07, 6.45) is 0.195. The zero-order chi connectivity index (χ0) is 8.20. The summed E-state index contributed by atoms with van der Waals surface area (Å²) in [6.45, 7) is 1.66. The highest BCUT2D eigenvalue weighted by molar-refractivity contribution is 6.50. The fourth-order valence-electron chi connectivity index (χ4n) is 0.375. The minimum atomic E-state index is -1.42. The normalized spacial score (nSPS) is 13.3. The molecule has 0 aromatic rings. The molecule has 0 saturated heterocycles. The van der Waals surface area contributed by atoms with Crippen molar-refractivity contribution in [2.75, 3.05) is 0 Å². The molecule has 0 aromatic carbocycles. The van der Waals surface area contributed by atoms with Gasteiger partial charge in [-0.15, -0.1) is 0 Å². The van der Waals surface area contributed by atoms with Gasteiger partial charge in [-0.2, -0.15) is 10.5 Å². The van der Waals surface area contributed by atoms with E-state index in [1.54, 1.807) is 13.0 Å². The van der Waals surface area contributed by atoms with Crippen LogP contribution in [0.3, 0.4) is 0 Å². The summed E-state index contributed by atoms with van der Waals surface area (Å²) in [5.74, 6) is -0.314. The van der Waals surface area contributed by atoms with E-state index in [-0.39, 0.29) is 12.3 Å². The molecule has 0 bridgehead atoms. The molecule has 0 aliphatic rings. The third kappa shape index (κ3) is 2.43. The van der Waals surface area contributed by atoms with Gasteiger partial charge in [-0.3, -0.25) is 0 Å².